The first-order valence-corrected chi connectivity index (χ1v) is 15.9. The van der Waals surface area contributed by atoms with Crippen molar-refractivity contribution in [1.82, 2.24) is 9.47 Å². The van der Waals surface area contributed by atoms with Gasteiger partial charge in [0.1, 0.15) is 0 Å². The lowest BCUT2D eigenvalue weighted by molar-refractivity contribution is -0.385. The predicted octanol–water partition coefficient (Wildman–Crippen LogP) is 4.02. The van der Waals surface area contributed by atoms with Crippen LogP contribution in [0.5, 0.6) is 5.75 Å². The van der Waals surface area contributed by atoms with Crippen molar-refractivity contribution in [3.8, 4) is 11.4 Å². The summed E-state index contributed by atoms with van der Waals surface area (Å²) < 4.78 is 6.57. The zero-order valence-electron chi connectivity index (χ0n) is 27.1. The fourth-order valence-electron chi connectivity index (χ4n) is 6.65. The van der Waals surface area contributed by atoms with Crippen molar-refractivity contribution in [3.05, 3.63) is 140 Å². The van der Waals surface area contributed by atoms with Gasteiger partial charge in [0.15, 0.2) is 11.4 Å². The third-order valence-corrected chi connectivity index (χ3v) is 9.41. The Morgan fingerprint density at radius 3 is 2.51 bits per heavy atom. The highest BCUT2D eigenvalue weighted by molar-refractivity contribution is 6.07. The van der Waals surface area contributed by atoms with Gasteiger partial charge in [0.25, 0.3) is 17.2 Å². The Bertz CT molecular complexity index is 2010. The molecule has 0 fully saturated rings. The molecule has 0 spiro atoms. The van der Waals surface area contributed by atoms with Crippen molar-refractivity contribution in [2.45, 2.75) is 44.5 Å². The van der Waals surface area contributed by atoms with Crippen LogP contribution < -0.4 is 15.2 Å². The molecule has 2 aliphatic heterocycles. The van der Waals surface area contributed by atoms with Crippen LogP contribution in [0.15, 0.2) is 102 Å². The van der Waals surface area contributed by atoms with Crippen molar-refractivity contribution < 1.29 is 29.5 Å². The van der Waals surface area contributed by atoms with Crippen LogP contribution in [0.2, 0.25) is 0 Å². The molecule has 12 heteroatoms. The summed E-state index contributed by atoms with van der Waals surface area (Å²) in [6, 6.07) is 21.6. The number of aliphatic hydroxyl groups is 2. The second kappa shape index (κ2) is 13.5. The number of amides is 2. The lowest BCUT2D eigenvalue weighted by Crippen LogP contribution is -2.46. The van der Waals surface area contributed by atoms with Crippen molar-refractivity contribution in [3.63, 3.8) is 0 Å². The molecule has 0 radical (unpaired) electrons. The van der Waals surface area contributed by atoms with Crippen LogP contribution in [0.4, 0.5) is 11.4 Å². The maximum atomic E-state index is 14.1. The third-order valence-electron chi connectivity index (χ3n) is 9.41. The van der Waals surface area contributed by atoms with E-state index in [4.69, 9.17) is 4.74 Å². The Morgan fingerprint density at radius 1 is 1.08 bits per heavy atom. The Morgan fingerprint density at radius 2 is 1.82 bits per heavy atom. The zero-order valence-corrected chi connectivity index (χ0v) is 27.1. The van der Waals surface area contributed by atoms with E-state index >= 15 is 0 Å². The van der Waals surface area contributed by atoms with Crippen LogP contribution in [0.1, 0.15) is 35.6 Å². The number of non-ortho nitro benzene ring substituents is 1. The molecule has 12 nitrogen and oxygen atoms in total. The summed E-state index contributed by atoms with van der Waals surface area (Å²) in [5.41, 5.74) is 1.08. The number of aliphatic hydroxyl groups excluding tert-OH is 1. The number of hydrogen-bond acceptors (Lipinski definition) is 8. The molecule has 2 N–H and O–H groups in total. The van der Waals surface area contributed by atoms with Gasteiger partial charge in [-0.2, -0.15) is 0 Å². The number of carbonyl (C=O) groups excluding carboxylic acids is 2. The van der Waals surface area contributed by atoms with Gasteiger partial charge in [-0.25, -0.2) is 0 Å². The molecule has 2 amide bonds. The molecule has 1 aromatic heterocycles. The molecule has 0 bridgehead atoms. The Balaban J connectivity index is 1.23. The van der Waals surface area contributed by atoms with E-state index in [2.05, 4.69) is 0 Å². The fraction of sp³-hybridized carbons (Fsp3) is 0.270. The van der Waals surface area contributed by atoms with E-state index < -0.39 is 22.3 Å². The van der Waals surface area contributed by atoms with Gasteiger partial charge >= 0.3 is 0 Å². The van der Waals surface area contributed by atoms with E-state index in [1.165, 1.54) is 34.8 Å². The minimum Gasteiger partial charge on any atom is -0.491 e. The summed E-state index contributed by atoms with van der Waals surface area (Å²) in [6.45, 7) is 1.86. The van der Waals surface area contributed by atoms with Gasteiger partial charge in [-0.15, -0.1) is 0 Å². The first-order chi connectivity index (χ1) is 23.6. The topological polar surface area (TPSA) is 155 Å². The maximum Gasteiger partial charge on any atom is 0.297 e. The average Bonchev–Trinajstić information content (AvgIpc) is 3.33. The van der Waals surface area contributed by atoms with Gasteiger partial charge in [0, 0.05) is 48.5 Å². The van der Waals surface area contributed by atoms with Crippen molar-refractivity contribution in [2.24, 2.45) is 5.92 Å². The van der Waals surface area contributed by atoms with E-state index in [9.17, 15) is 34.7 Å². The van der Waals surface area contributed by atoms with Crippen LogP contribution in [-0.4, -0.2) is 56.2 Å². The highest BCUT2D eigenvalue weighted by Gasteiger charge is 2.53. The first kappa shape index (κ1) is 33.3. The standard InChI is InChI=1S/C37H36N4O8/c1-24(7-5-11-34(43)39-22-27-9-4-3-8-26(27)19-30(39)23-42)37(46)31-20-29(41(47)48)16-17-32(31)40(36(37)45)21-25-12-14-28(15-13-25)38-18-6-10-33(49-2)35(38)44/h3-10,12-18,20,24,30,42,46H,11,19,21-23H2,1-2H3/b7-5+/t24-,30-,37+/m0/s1. The molecular formula is C37H36N4O8. The van der Waals surface area contributed by atoms with Crippen LogP contribution in [0.3, 0.4) is 0 Å². The minimum atomic E-state index is -2.15. The quantitative estimate of drug-likeness (QED) is 0.146. The summed E-state index contributed by atoms with van der Waals surface area (Å²) in [7, 11) is 1.42. The highest BCUT2D eigenvalue weighted by atomic mass is 16.6. The van der Waals surface area contributed by atoms with Crippen LogP contribution in [0.25, 0.3) is 5.69 Å². The molecular weight excluding hydrogens is 628 g/mol. The number of hydrogen-bond donors (Lipinski definition) is 2. The molecule has 252 valence electrons. The molecule has 0 saturated heterocycles. The molecule has 6 rings (SSSR count). The van der Waals surface area contributed by atoms with E-state index in [0.29, 0.717) is 29.9 Å². The fourth-order valence-corrected chi connectivity index (χ4v) is 6.65. The van der Waals surface area contributed by atoms with Gasteiger partial charge in [-0.1, -0.05) is 55.5 Å². The number of carbonyl (C=O) groups is 2. The van der Waals surface area contributed by atoms with Gasteiger partial charge < -0.3 is 24.7 Å². The number of nitro groups is 1. The van der Waals surface area contributed by atoms with Crippen molar-refractivity contribution in [1.29, 1.82) is 0 Å². The summed E-state index contributed by atoms with van der Waals surface area (Å²) in [5, 5.41) is 33.7. The van der Waals surface area contributed by atoms with Crippen LogP contribution in [-0.2, 0) is 34.7 Å². The Kier molecular flexibility index (Phi) is 9.18. The number of benzene rings is 3. The summed E-state index contributed by atoms with van der Waals surface area (Å²) in [6.07, 6.45) is 5.30. The molecule has 3 heterocycles. The maximum absolute atomic E-state index is 14.1. The molecule has 3 aromatic carbocycles. The number of fused-ring (bicyclic) bond motifs is 2. The lowest BCUT2D eigenvalue weighted by Gasteiger charge is -2.36. The van der Waals surface area contributed by atoms with Gasteiger partial charge in [-0.05, 0) is 53.4 Å². The van der Waals surface area contributed by atoms with Crippen molar-refractivity contribution >= 4 is 23.2 Å². The minimum absolute atomic E-state index is 0.0263. The highest BCUT2D eigenvalue weighted by Crippen LogP contribution is 2.47. The number of aromatic nitrogens is 1. The van der Waals surface area contributed by atoms with Gasteiger partial charge in [-0.3, -0.25) is 29.1 Å². The summed E-state index contributed by atoms with van der Waals surface area (Å²) >= 11 is 0. The Labute approximate surface area is 282 Å². The van der Waals surface area contributed by atoms with E-state index in [0.717, 1.165) is 11.1 Å². The second-order valence-electron chi connectivity index (χ2n) is 12.3. The van der Waals surface area contributed by atoms with Gasteiger partial charge in [0.05, 0.1) is 36.9 Å². The average molecular weight is 665 g/mol. The van der Waals surface area contributed by atoms with Crippen molar-refractivity contribution in [2.75, 3.05) is 18.6 Å². The molecule has 49 heavy (non-hydrogen) atoms. The number of methoxy groups -OCH3 is 1. The van der Waals surface area contributed by atoms with E-state index in [-0.39, 0.29) is 54.1 Å². The number of anilines is 1. The largest absolute Gasteiger partial charge is 0.491 e. The molecule has 4 aromatic rings. The molecule has 0 saturated carbocycles. The number of ether oxygens (including phenoxy) is 1. The summed E-state index contributed by atoms with van der Waals surface area (Å²) in [4.78, 5) is 54.2. The first-order valence-electron chi connectivity index (χ1n) is 15.9. The van der Waals surface area contributed by atoms with Crippen LogP contribution >= 0.6 is 0 Å². The predicted molar refractivity (Wildman–Crippen MR) is 181 cm³/mol. The molecule has 0 unspecified atom stereocenters. The molecule has 2 aliphatic rings. The summed E-state index contributed by atoms with van der Waals surface area (Å²) in [5.74, 6) is -1.54. The Hall–Kier alpha value is -5.59. The molecule has 0 aliphatic carbocycles. The second-order valence-corrected chi connectivity index (χ2v) is 12.3. The normalized spacial score (nSPS) is 19.1. The van der Waals surface area contributed by atoms with E-state index in [1.54, 1.807) is 66.6 Å². The monoisotopic (exact) mass is 664 g/mol. The number of pyridine rings is 1. The number of rotatable bonds is 10. The van der Waals surface area contributed by atoms with E-state index in [1.807, 2.05) is 24.3 Å². The van der Waals surface area contributed by atoms with Gasteiger partial charge in [0.2, 0.25) is 5.91 Å². The molecule has 3 atom stereocenters. The van der Waals surface area contributed by atoms with Crippen LogP contribution in [0, 0.1) is 16.0 Å². The number of nitro benzene ring substituents is 1. The number of nitrogens with zero attached hydrogens (tertiary/aromatic N) is 4. The smallest absolute Gasteiger partial charge is 0.297 e. The third kappa shape index (κ3) is 6.12. The lowest BCUT2D eigenvalue weighted by atomic mass is 9.82. The zero-order chi connectivity index (χ0) is 34.9. The SMILES string of the molecule is COc1cccn(-c2ccc(CN3C(=O)[C@@](O)([C@@H](C)/C=C/CC(=O)N4Cc5ccccc5C[C@H]4CO)c4cc([N+](=O)[O-])ccc43)cc2)c1=O.